The molecule has 26 heavy (non-hydrogen) atoms. The number of nitrogens with one attached hydrogen (secondary N) is 2. The van der Waals surface area contributed by atoms with E-state index < -0.39 is 11.5 Å². The van der Waals surface area contributed by atoms with Gasteiger partial charge in [-0.15, -0.1) is 0 Å². The van der Waals surface area contributed by atoms with Gasteiger partial charge >= 0.3 is 5.97 Å². The lowest BCUT2D eigenvalue weighted by Gasteiger charge is -2.28. The molecule has 2 aliphatic heterocycles. The highest BCUT2D eigenvalue weighted by Gasteiger charge is 2.37. The van der Waals surface area contributed by atoms with Gasteiger partial charge in [0.1, 0.15) is 0 Å². The van der Waals surface area contributed by atoms with E-state index >= 15 is 0 Å². The van der Waals surface area contributed by atoms with Gasteiger partial charge in [-0.1, -0.05) is 6.07 Å². The van der Waals surface area contributed by atoms with Gasteiger partial charge in [-0.3, -0.25) is 14.4 Å². The molecule has 0 bridgehead atoms. The molecular formula is C18H22N2O6. The van der Waals surface area contributed by atoms with E-state index in [4.69, 9.17) is 14.6 Å². The molecular weight excluding hydrogens is 340 g/mol. The van der Waals surface area contributed by atoms with Crippen LogP contribution in [0.5, 0.6) is 11.5 Å². The highest BCUT2D eigenvalue weighted by molar-refractivity contribution is 5.80. The van der Waals surface area contributed by atoms with Gasteiger partial charge < -0.3 is 25.2 Å². The lowest BCUT2D eigenvalue weighted by molar-refractivity contribution is -0.137. The van der Waals surface area contributed by atoms with E-state index in [0.29, 0.717) is 43.7 Å². The quantitative estimate of drug-likeness (QED) is 0.643. The van der Waals surface area contributed by atoms with Gasteiger partial charge in [-0.2, -0.15) is 0 Å². The normalized spacial score (nSPS) is 20.7. The van der Waals surface area contributed by atoms with Crippen LogP contribution >= 0.6 is 0 Å². The third kappa shape index (κ3) is 4.44. The van der Waals surface area contributed by atoms with E-state index in [2.05, 4.69) is 10.6 Å². The largest absolute Gasteiger partial charge is 0.481 e. The first kappa shape index (κ1) is 18.0. The minimum Gasteiger partial charge on any atom is -0.481 e. The summed E-state index contributed by atoms with van der Waals surface area (Å²) in [5.41, 5.74) is 0.309. The maximum atomic E-state index is 12.2. The fraction of sp³-hybridized carbons (Fsp3) is 0.500. The zero-order chi connectivity index (χ0) is 18.6. The molecule has 1 atom stereocenters. The number of ether oxygens (including phenoxy) is 2. The minimum absolute atomic E-state index is 0.0287. The summed E-state index contributed by atoms with van der Waals surface area (Å²) in [6.45, 7) is 0.569. The van der Waals surface area contributed by atoms with Crippen molar-refractivity contribution in [2.75, 3.05) is 6.79 Å². The van der Waals surface area contributed by atoms with E-state index in [1.807, 2.05) is 12.1 Å². The lowest BCUT2D eigenvalue weighted by atomic mass is 9.86. The van der Waals surface area contributed by atoms with Crippen molar-refractivity contribution in [3.8, 4) is 11.5 Å². The van der Waals surface area contributed by atoms with Gasteiger partial charge in [-0.05, 0) is 37.0 Å². The third-order valence-corrected chi connectivity index (χ3v) is 4.81. The number of carboxylic acid groups (broad SMARTS) is 1. The molecule has 8 nitrogen and oxygen atoms in total. The molecule has 1 aromatic rings. The number of fused-ring (bicyclic) bond motifs is 1. The van der Waals surface area contributed by atoms with E-state index in [1.54, 1.807) is 6.07 Å². The van der Waals surface area contributed by atoms with Gasteiger partial charge in [-0.25, -0.2) is 0 Å². The summed E-state index contributed by atoms with van der Waals surface area (Å²) >= 11 is 0. The predicted molar refractivity (Wildman–Crippen MR) is 90.6 cm³/mol. The maximum Gasteiger partial charge on any atom is 0.303 e. The average molecular weight is 362 g/mol. The molecule has 0 saturated carbocycles. The van der Waals surface area contributed by atoms with Gasteiger partial charge in [0.25, 0.3) is 0 Å². The molecule has 2 aliphatic rings. The van der Waals surface area contributed by atoms with Crippen molar-refractivity contribution in [3.63, 3.8) is 0 Å². The summed E-state index contributed by atoms with van der Waals surface area (Å²) in [5, 5.41) is 14.6. The topological polar surface area (TPSA) is 114 Å². The molecule has 1 saturated heterocycles. The maximum absolute atomic E-state index is 12.2. The van der Waals surface area contributed by atoms with Crippen LogP contribution < -0.4 is 20.1 Å². The van der Waals surface area contributed by atoms with Gasteiger partial charge in [0.05, 0.1) is 0 Å². The third-order valence-electron chi connectivity index (χ3n) is 4.81. The van der Waals surface area contributed by atoms with Crippen molar-refractivity contribution in [1.29, 1.82) is 0 Å². The fourth-order valence-corrected chi connectivity index (χ4v) is 3.31. The summed E-state index contributed by atoms with van der Waals surface area (Å²) in [6.07, 6.45) is 1.90. The fourth-order valence-electron chi connectivity index (χ4n) is 3.31. The van der Waals surface area contributed by atoms with E-state index in [-0.39, 0.29) is 31.4 Å². The van der Waals surface area contributed by atoms with Crippen LogP contribution in [-0.4, -0.2) is 35.2 Å². The zero-order valence-electron chi connectivity index (χ0n) is 14.4. The first-order valence-electron chi connectivity index (χ1n) is 8.64. The number of rotatable bonds is 8. The monoisotopic (exact) mass is 362 g/mol. The molecule has 0 unspecified atom stereocenters. The molecule has 8 heteroatoms. The molecule has 2 amide bonds. The van der Waals surface area contributed by atoms with Crippen LogP contribution in [0.3, 0.4) is 0 Å². The molecule has 140 valence electrons. The molecule has 0 aliphatic carbocycles. The van der Waals surface area contributed by atoms with Crippen LogP contribution in [0.25, 0.3) is 0 Å². The molecule has 1 aromatic carbocycles. The van der Waals surface area contributed by atoms with Crippen LogP contribution in [0, 0.1) is 0 Å². The number of aliphatic carboxylic acids is 1. The van der Waals surface area contributed by atoms with E-state index in [9.17, 15) is 14.4 Å². The Morgan fingerprint density at radius 2 is 1.96 bits per heavy atom. The Morgan fingerprint density at radius 1 is 1.19 bits per heavy atom. The Kier molecular flexibility index (Phi) is 5.29. The Balaban J connectivity index is 1.49. The van der Waals surface area contributed by atoms with Gasteiger partial charge in [0, 0.05) is 31.3 Å². The summed E-state index contributed by atoms with van der Waals surface area (Å²) < 4.78 is 10.6. The lowest BCUT2D eigenvalue weighted by Crippen LogP contribution is -2.43. The number of carboxylic acids is 1. The summed E-state index contributed by atoms with van der Waals surface area (Å²) in [4.78, 5) is 34.6. The predicted octanol–water partition coefficient (Wildman–Crippen LogP) is 1.33. The second-order valence-corrected chi connectivity index (χ2v) is 6.69. The van der Waals surface area contributed by atoms with Crippen molar-refractivity contribution in [2.45, 2.75) is 50.6 Å². The minimum atomic E-state index is -0.905. The smallest absolute Gasteiger partial charge is 0.303 e. The Hall–Kier alpha value is -2.77. The molecule has 2 heterocycles. The molecule has 0 aromatic heterocycles. The highest BCUT2D eigenvalue weighted by Crippen LogP contribution is 2.32. The number of carbonyl (C=O) groups excluding carboxylic acids is 2. The molecule has 0 radical (unpaired) electrons. The van der Waals surface area contributed by atoms with Crippen molar-refractivity contribution in [2.24, 2.45) is 0 Å². The Morgan fingerprint density at radius 3 is 2.69 bits per heavy atom. The molecule has 0 spiro atoms. The molecule has 1 fully saturated rings. The summed E-state index contributed by atoms with van der Waals surface area (Å²) in [6, 6.07) is 5.49. The van der Waals surface area contributed by atoms with Crippen LogP contribution in [0.2, 0.25) is 0 Å². The van der Waals surface area contributed by atoms with Crippen LogP contribution in [0.15, 0.2) is 18.2 Å². The van der Waals surface area contributed by atoms with E-state index in [0.717, 1.165) is 5.56 Å². The van der Waals surface area contributed by atoms with Crippen molar-refractivity contribution >= 4 is 17.8 Å². The molecule has 3 N–H and O–H groups in total. The van der Waals surface area contributed by atoms with Crippen molar-refractivity contribution in [3.05, 3.63) is 23.8 Å². The van der Waals surface area contributed by atoms with Crippen LogP contribution in [0.4, 0.5) is 0 Å². The second-order valence-electron chi connectivity index (χ2n) is 6.69. The van der Waals surface area contributed by atoms with Gasteiger partial charge in [0.15, 0.2) is 11.5 Å². The average Bonchev–Trinajstić information content (AvgIpc) is 3.23. The first-order valence-corrected chi connectivity index (χ1v) is 8.64. The highest BCUT2D eigenvalue weighted by atomic mass is 16.7. The number of carbonyl (C=O) groups is 3. The summed E-state index contributed by atoms with van der Waals surface area (Å²) in [5.74, 6) is 0.225. The number of hydrogen-bond donors (Lipinski definition) is 3. The number of hydrogen-bond acceptors (Lipinski definition) is 5. The van der Waals surface area contributed by atoms with Crippen molar-refractivity contribution < 1.29 is 29.0 Å². The number of amides is 2. The zero-order valence-corrected chi connectivity index (χ0v) is 14.4. The van der Waals surface area contributed by atoms with Crippen LogP contribution in [-0.2, 0) is 20.9 Å². The summed E-state index contributed by atoms with van der Waals surface area (Å²) in [7, 11) is 0. The standard InChI is InChI=1S/C18H22N2O6/c21-15(19-10-12-1-2-13-14(9-12)26-11-25-13)3-6-18(8-5-17(23)24)7-4-16(22)20-18/h1-2,9H,3-8,10-11H2,(H,19,21)(H,20,22)(H,23,24)/t18-/m1/s1. The van der Waals surface area contributed by atoms with Gasteiger partial charge in [0.2, 0.25) is 18.6 Å². The number of benzene rings is 1. The Labute approximate surface area is 150 Å². The first-order chi connectivity index (χ1) is 12.5. The second kappa shape index (κ2) is 7.63. The van der Waals surface area contributed by atoms with Crippen LogP contribution in [0.1, 0.15) is 44.1 Å². The van der Waals surface area contributed by atoms with E-state index in [1.165, 1.54) is 0 Å². The molecule has 3 rings (SSSR count). The SMILES string of the molecule is O=C(O)CC[C@@]1(CCC(=O)NCc2ccc3c(c2)OCO3)CCC(=O)N1. The van der Waals surface area contributed by atoms with Crippen molar-refractivity contribution in [1.82, 2.24) is 10.6 Å². The Bertz CT molecular complexity index is 720.